The molecule has 1 saturated heterocycles. The molecule has 3 atom stereocenters. The number of ether oxygens (including phenoxy) is 2. The number of nitrogens with one attached hydrogen (secondary N) is 2. The zero-order chi connectivity index (χ0) is 17.7. The Labute approximate surface area is 145 Å². The molecule has 1 aromatic heterocycles. The van der Waals surface area contributed by atoms with Gasteiger partial charge in [-0.25, -0.2) is 4.98 Å². The Morgan fingerprint density at radius 3 is 3.00 bits per heavy atom. The van der Waals surface area contributed by atoms with E-state index in [4.69, 9.17) is 9.47 Å². The predicted octanol–water partition coefficient (Wildman–Crippen LogP) is 2.27. The molecule has 2 aliphatic rings. The molecule has 3 rings (SSSR count). The normalized spacial score (nSPS) is 27.4. The lowest BCUT2D eigenvalue weighted by atomic mass is 9.94. The van der Waals surface area contributed by atoms with E-state index in [1.165, 1.54) is 12.6 Å². The van der Waals surface area contributed by atoms with E-state index >= 15 is 0 Å². The van der Waals surface area contributed by atoms with Crippen molar-refractivity contribution in [3.8, 4) is 5.88 Å². The van der Waals surface area contributed by atoms with Crippen molar-refractivity contribution in [2.75, 3.05) is 26.4 Å². The van der Waals surface area contributed by atoms with E-state index in [1.807, 2.05) is 0 Å². The second kappa shape index (κ2) is 8.33. The van der Waals surface area contributed by atoms with Crippen LogP contribution in [0.2, 0.25) is 0 Å². The van der Waals surface area contributed by atoms with Crippen LogP contribution < -0.4 is 15.4 Å². The van der Waals surface area contributed by atoms with Crippen LogP contribution in [0.3, 0.4) is 0 Å². The van der Waals surface area contributed by atoms with E-state index in [2.05, 4.69) is 15.6 Å². The average Bonchev–Trinajstić information content (AvgIpc) is 3.07. The minimum Gasteiger partial charge on any atom is -0.468 e. The molecule has 1 aliphatic carbocycles. The van der Waals surface area contributed by atoms with E-state index in [9.17, 15) is 13.2 Å². The highest BCUT2D eigenvalue weighted by molar-refractivity contribution is 5.20. The molecule has 0 aromatic carbocycles. The van der Waals surface area contributed by atoms with Crippen molar-refractivity contribution in [3.05, 3.63) is 23.9 Å². The first-order chi connectivity index (χ1) is 12.0. The van der Waals surface area contributed by atoms with Crippen LogP contribution in [0.15, 0.2) is 18.3 Å². The number of alkyl halides is 3. The molecule has 25 heavy (non-hydrogen) atoms. The fourth-order valence-corrected chi connectivity index (χ4v) is 3.63. The van der Waals surface area contributed by atoms with Crippen molar-refractivity contribution in [1.29, 1.82) is 0 Å². The second-order valence-electron chi connectivity index (χ2n) is 6.62. The van der Waals surface area contributed by atoms with Gasteiger partial charge < -0.3 is 20.1 Å². The fraction of sp³-hybridized carbons (Fsp3) is 0.706. The Bertz CT molecular complexity index is 550. The molecule has 0 amide bonds. The molecule has 1 saturated carbocycles. The average molecular weight is 359 g/mol. The number of pyridine rings is 1. The highest BCUT2D eigenvalue weighted by Crippen LogP contribution is 2.29. The van der Waals surface area contributed by atoms with Crippen molar-refractivity contribution in [2.45, 2.75) is 44.1 Å². The molecule has 5 nitrogen and oxygen atoms in total. The summed E-state index contributed by atoms with van der Waals surface area (Å²) in [5, 5.41) is 7.07. The topological polar surface area (TPSA) is 55.4 Å². The van der Waals surface area contributed by atoms with Crippen molar-refractivity contribution >= 4 is 0 Å². The SMILES string of the molecule is FC(F)(F)COc1cc(CNC2CCCC2C2COCCN2)ccn1. The van der Waals surface area contributed by atoms with Gasteiger partial charge in [0.15, 0.2) is 6.61 Å². The molecule has 0 bridgehead atoms. The van der Waals surface area contributed by atoms with Gasteiger partial charge in [0.1, 0.15) is 0 Å². The van der Waals surface area contributed by atoms with Crippen LogP contribution in [0.5, 0.6) is 5.88 Å². The number of morpholine rings is 1. The predicted molar refractivity (Wildman–Crippen MR) is 86.4 cm³/mol. The number of hydrogen-bond acceptors (Lipinski definition) is 5. The van der Waals surface area contributed by atoms with Crippen molar-refractivity contribution < 1.29 is 22.6 Å². The largest absolute Gasteiger partial charge is 0.468 e. The number of aromatic nitrogens is 1. The van der Waals surface area contributed by atoms with E-state index in [-0.39, 0.29) is 5.88 Å². The molecule has 1 aromatic rings. The van der Waals surface area contributed by atoms with E-state index < -0.39 is 12.8 Å². The third-order valence-corrected chi connectivity index (χ3v) is 4.79. The lowest BCUT2D eigenvalue weighted by molar-refractivity contribution is -0.154. The Morgan fingerprint density at radius 1 is 1.36 bits per heavy atom. The van der Waals surface area contributed by atoms with Gasteiger partial charge in [-0.3, -0.25) is 0 Å². The molecule has 0 spiro atoms. The molecular weight excluding hydrogens is 335 g/mol. The van der Waals surface area contributed by atoms with Gasteiger partial charge in [0.2, 0.25) is 5.88 Å². The minimum atomic E-state index is -4.36. The summed E-state index contributed by atoms with van der Waals surface area (Å²) in [6, 6.07) is 4.10. The van der Waals surface area contributed by atoms with Crippen LogP contribution in [-0.4, -0.2) is 49.6 Å². The molecule has 140 valence electrons. The first-order valence-electron chi connectivity index (χ1n) is 8.70. The molecule has 3 unspecified atom stereocenters. The summed E-state index contributed by atoms with van der Waals surface area (Å²) in [6.45, 7) is 1.65. The lowest BCUT2D eigenvalue weighted by Gasteiger charge is -2.33. The van der Waals surface area contributed by atoms with Crippen LogP contribution in [0.1, 0.15) is 24.8 Å². The van der Waals surface area contributed by atoms with Crippen LogP contribution in [0, 0.1) is 5.92 Å². The van der Waals surface area contributed by atoms with Crippen molar-refractivity contribution in [1.82, 2.24) is 15.6 Å². The first-order valence-corrected chi connectivity index (χ1v) is 8.70. The first kappa shape index (κ1) is 18.4. The monoisotopic (exact) mass is 359 g/mol. The standard InChI is InChI=1S/C17H24F3N3O2/c18-17(19,20)11-25-16-8-12(4-5-22-16)9-23-14-3-1-2-13(14)15-10-24-7-6-21-15/h4-5,8,13-15,21,23H,1-3,6-7,9-11H2. The van der Waals surface area contributed by atoms with Crippen molar-refractivity contribution in [3.63, 3.8) is 0 Å². The maximum Gasteiger partial charge on any atom is 0.422 e. The quantitative estimate of drug-likeness (QED) is 0.816. The summed E-state index contributed by atoms with van der Waals surface area (Å²) in [4.78, 5) is 3.83. The van der Waals surface area contributed by atoms with Gasteiger partial charge in [0.05, 0.1) is 13.2 Å². The zero-order valence-corrected chi connectivity index (χ0v) is 14.0. The maximum atomic E-state index is 12.2. The Balaban J connectivity index is 1.52. The number of halogens is 3. The summed E-state index contributed by atoms with van der Waals surface area (Å²) in [6.07, 6.45) is 0.560. The molecule has 2 fully saturated rings. The van der Waals surface area contributed by atoms with E-state index in [0.29, 0.717) is 24.5 Å². The smallest absolute Gasteiger partial charge is 0.422 e. The molecule has 0 radical (unpaired) electrons. The summed E-state index contributed by atoms with van der Waals surface area (Å²) < 4.78 is 47.0. The fourth-order valence-electron chi connectivity index (χ4n) is 3.63. The minimum absolute atomic E-state index is 0.00180. The van der Waals surface area contributed by atoms with Gasteiger partial charge in [-0.05, 0) is 30.4 Å². The number of hydrogen-bond donors (Lipinski definition) is 2. The number of nitrogens with zero attached hydrogens (tertiary/aromatic N) is 1. The van der Waals surface area contributed by atoms with Gasteiger partial charge in [0, 0.05) is 37.4 Å². The third kappa shape index (κ3) is 5.55. The summed E-state index contributed by atoms with van der Waals surface area (Å²) >= 11 is 0. The highest BCUT2D eigenvalue weighted by Gasteiger charge is 2.34. The highest BCUT2D eigenvalue weighted by atomic mass is 19.4. The van der Waals surface area contributed by atoms with Gasteiger partial charge in [-0.1, -0.05) is 6.42 Å². The van der Waals surface area contributed by atoms with Gasteiger partial charge in [0.25, 0.3) is 0 Å². The van der Waals surface area contributed by atoms with E-state index in [0.717, 1.165) is 38.2 Å². The van der Waals surface area contributed by atoms with Crippen LogP contribution in [0.25, 0.3) is 0 Å². The van der Waals surface area contributed by atoms with Gasteiger partial charge >= 0.3 is 6.18 Å². The lowest BCUT2D eigenvalue weighted by Crippen LogP contribution is -2.50. The number of rotatable bonds is 6. The van der Waals surface area contributed by atoms with E-state index in [1.54, 1.807) is 12.1 Å². The van der Waals surface area contributed by atoms with Crippen LogP contribution in [0.4, 0.5) is 13.2 Å². The Hall–Kier alpha value is -1.38. The second-order valence-corrected chi connectivity index (χ2v) is 6.62. The molecular formula is C17H24F3N3O2. The third-order valence-electron chi connectivity index (χ3n) is 4.79. The summed E-state index contributed by atoms with van der Waals surface area (Å²) in [7, 11) is 0. The van der Waals surface area contributed by atoms with Crippen molar-refractivity contribution in [2.24, 2.45) is 5.92 Å². The maximum absolute atomic E-state index is 12.2. The summed E-state index contributed by atoms with van der Waals surface area (Å²) in [5.41, 5.74) is 0.866. The van der Waals surface area contributed by atoms with Gasteiger partial charge in [-0.2, -0.15) is 13.2 Å². The van der Waals surface area contributed by atoms with Crippen LogP contribution in [-0.2, 0) is 11.3 Å². The molecule has 2 heterocycles. The molecule has 8 heteroatoms. The Morgan fingerprint density at radius 2 is 2.24 bits per heavy atom. The molecule has 2 N–H and O–H groups in total. The Kier molecular flexibility index (Phi) is 6.14. The molecule has 1 aliphatic heterocycles. The zero-order valence-electron chi connectivity index (χ0n) is 14.0. The van der Waals surface area contributed by atoms with Crippen LogP contribution >= 0.6 is 0 Å². The summed E-state index contributed by atoms with van der Waals surface area (Å²) in [5.74, 6) is 0.519. The van der Waals surface area contributed by atoms with Gasteiger partial charge in [-0.15, -0.1) is 0 Å².